The number of rotatable bonds is 3. The molecule has 22 heavy (non-hydrogen) atoms. The van der Waals surface area contributed by atoms with Crippen molar-refractivity contribution < 1.29 is 4.79 Å². The van der Waals surface area contributed by atoms with Crippen molar-refractivity contribution in [3.05, 3.63) is 35.8 Å². The average molecular weight is 301 g/mol. The van der Waals surface area contributed by atoms with Crippen LogP contribution in [0.5, 0.6) is 0 Å². The highest BCUT2D eigenvalue weighted by atomic mass is 16.2. The smallest absolute Gasteiger partial charge is 0.274 e. The molecular formula is C16H23N5O. The van der Waals surface area contributed by atoms with Gasteiger partial charge in [-0.05, 0) is 33.3 Å². The minimum Gasteiger partial charge on any atom is -0.335 e. The Morgan fingerprint density at radius 3 is 2.64 bits per heavy atom. The van der Waals surface area contributed by atoms with Gasteiger partial charge in [0.2, 0.25) is 0 Å². The van der Waals surface area contributed by atoms with Crippen LogP contribution in [0.3, 0.4) is 0 Å². The van der Waals surface area contributed by atoms with Gasteiger partial charge < -0.3 is 19.1 Å². The molecule has 0 spiro atoms. The molecule has 0 aliphatic carbocycles. The first-order valence-corrected chi connectivity index (χ1v) is 7.65. The van der Waals surface area contributed by atoms with Crippen LogP contribution >= 0.6 is 0 Å². The second kappa shape index (κ2) is 6.06. The van der Waals surface area contributed by atoms with Crippen LogP contribution in [0.4, 0.5) is 0 Å². The van der Waals surface area contributed by atoms with E-state index in [2.05, 4.69) is 21.8 Å². The maximum atomic E-state index is 12.9. The number of amides is 1. The van der Waals surface area contributed by atoms with E-state index in [1.807, 2.05) is 47.8 Å². The molecule has 0 aromatic carbocycles. The average Bonchev–Trinajstić information content (AvgIpc) is 2.86. The molecule has 0 unspecified atom stereocenters. The van der Waals surface area contributed by atoms with E-state index in [1.165, 1.54) is 0 Å². The number of carbonyl (C=O) groups is 1. The third-order valence-corrected chi connectivity index (χ3v) is 4.09. The lowest BCUT2D eigenvalue weighted by atomic mass is 10.2. The van der Waals surface area contributed by atoms with E-state index in [0.29, 0.717) is 12.2 Å². The summed E-state index contributed by atoms with van der Waals surface area (Å²) in [6.07, 6.45) is 1.97. The molecule has 6 heteroatoms. The van der Waals surface area contributed by atoms with E-state index < -0.39 is 0 Å². The molecular weight excluding hydrogens is 278 g/mol. The van der Waals surface area contributed by atoms with Gasteiger partial charge in [0.05, 0.1) is 5.69 Å². The van der Waals surface area contributed by atoms with Crippen LogP contribution in [-0.2, 0) is 6.54 Å². The minimum absolute atomic E-state index is 0.0497. The van der Waals surface area contributed by atoms with E-state index >= 15 is 0 Å². The number of pyridine rings is 1. The van der Waals surface area contributed by atoms with Crippen molar-refractivity contribution in [2.24, 2.45) is 0 Å². The first-order chi connectivity index (χ1) is 10.6. The molecule has 0 N–H and O–H groups in total. The summed E-state index contributed by atoms with van der Waals surface area (Å²) in [6.45, 7) is 4.07. The number of carbonyl (C=O) groups excluding carboxylic acids is 1. The van der Waals surface area contributed by atoms with Crippen molar-refractivity contribution in [2.45, 2.75) is 6.54 Å². The minimum atomic E-state index is 0.0497. The standard InChI is InChI=1S/C16H23N5O/c1-18(2)12-13-15(17-14-6-4-5-7-21(13)14)16(22)20-10-8-19(3)9-11-20/h4-7H,8-12H2,1-3H3. The van der Waals surface area contributed by atoms with E-state index in [9.17, 15) is 4.79 Å². The third kappa shape index (κ3) is 2.84. The first kappa shape index (κ1) is 15.0. The molecule has 1 saturated heterocycles. The van der Waals surface area contributed by atoms with Crippen LogP contribution in [-0.4, -0.2) is 77.3 Å². The molecule has 2 aromatic rings. The Morgan fingerprint density at radius 1 is 1.23 bits per heavy atom. The Balaban J connectivity index is 1.96. The first-order valence-electron chi connectivity index (χ1n) is 7.65. The molecule has 3 heterocycles. The molecule has 0 atom stereocenters. The number of hydrogen-bond donors (Lipinski definition) is 0. The number of imidazole rings is 1. The predicted molar refractivity (Wildman–Crippen MR) is 86.0 cm³/mol. The third-order valence-electron chi connectivity index (χ3n) is 4.09. The topological polar surface area (TPSA) is 44.1 Å². The number of nitrogens with zero attached hydrogens (tertiary/aromatic N) is 5. The van der Waals surface area contributed by atoms with E-state index in [4.69, 9.17) is 0 Å². The molecule has 6 nitrogen and oxygen atoms in total. The maximum Gasteiger partial charge on any atom is 0.274 e. The highest BCUT2D eigenvalue weighted by molar-refractivity contribution is 5.94. The zero-order chi connectivity index (χ0) is 15.7. The summed E-state index contributed by atoms with van der Waals surface area (Å²) in [7, 11) is 6.10. The molecule has 0 saturated carbocycles. The molecule has 3 rings (SSSR count). The summed E-state index contributed by atoms with van der Waals surface area (Å²) in [5.41, 5.74) is 2.38. The summed E-state index contributed by atoms with van der Waals surface area (Å²) in [6, 6.07) is 5.86. The normalized spacial score (nSPS) is 16.6. The Bertz CT molecular complexity index is 670. The lowest BCUT2D eigenvalue weighted by molar-refractivity contribution is 0.0657. The fourth-order valence-corrected chi connectivity index (χ4v) is 2.83. The second-order valence-electron chi connectivity index (χ2n) is 6.17. The van der Waals surface area contributed by atoms with Gasteiger partial charge in [-0.25, -0.2) is 4.98 Å². The van der Waals surface area contributed by atoms with Gasteiger partial charge in [0.25, 0.3) is 5.91 Å². The van der Waals surface area contributed by atoms with Gasteiger partial charge in [0, 0.05) is 38.9 Å². The SMILES string of the molecule is CN(C)Cc1c(C(=O)N2CCN(C)CC2)nc2ccccn12. The lowest BCUT2D eigenvalue weighted by Crippen LogP contribution is -2.47. The Labute approximate surface area is 130 Å². The van der Waals surface area contributed by atoms with Crippen LogP contribution in [0.25, 0.3) is 5.65 Å². The van der Waals surface area contributed by atoms with E-state index in [1.54, 1.807) is 0 Å². The fourth-order valence-electron chi connectivity index (χ4n) is 2.83. The lowest BCUT2D eigenvalue weighted by Gasteiger charge is -2.32. The van der Waals surface area contributed by atoms with Crippen molar-refractivity contribution in [3.63, 3.8) is 0 Å². The summed E-state index contributed by atoms with van der Waals surface area (Å²) in [5.74, 6) is 0.0497. The van der Waals surface area contributed by atoms with Crippen LogP contribution in [0.2, 0.25) is 0 Å². The van der Waals surface area contributed by atoms with Crippen molar-refractivity contribution in [3.8, 4) is 0 Å². The monoisotopic (exact) mass is 301 g/mol. The molecule has 118 valence electrons. The Kier molecular flexibility index (Phi) is 4.13. The summed E-state index contributed by atoms with van der Waals surface area (Å²) >= 11 is 0. The quantitative estimate of drug-likeness (QED) is 0.840. The van der Waals surface area contributed by atoms with E-state index in [-0.39, 0.29) is 5.91 Å². The number of likely N-dealkylation sites (N-methyl/N-ethyl adjacent to an activating group) is 1. The molecule has 0 bridgehead atoms. The van der Waals surface area contributed by atoms with Gasteiger partial charge in [-0.1, -0.05) is 6.07 Å². The van der Waals surface area contributed by atoms with Crippen molar-refractivity contribution in [1.29, 1.82) is 0 Å². The molecule has 1 aliphatic rings. The van der Waals surface area contributed by atoms with Crippen LogP contribution in [0.15, 0.2) is 24.4 Å². The largest absolute Gasteiger partial charge is 0.335 e. The van der Waals surface area contributed by atoms with E-state index in [0.717, 1.165) is 37.5 Å². The molecule has 1 fully saturated rings. The molecule has 1 aliphatic heterocycles. The number of piperazine rings is 1. The van der Waals surface area contributed by atoms with Crippen LogP contribution in [0, 0.1) is 0 Å². The predicted octanol–water partition coefficient (Wildman–Crippen LogP) is 0.784. The Morgan fingerprint density at radius 2 is 1.95 bits per heavy atom. The number of aromatic nitrogens is 2. The fraction of sp³-hybridized carbons (Fsp3) is 0.500. The Hall–Kier alpha value is -1.92. The summed E-state index contributed by atoms with van der Waals surface area (Å²) in [4.78, 5) is 23.7. The van der Waals surface area contributed by atoms with Gasteiger partial charge in [0.15, 0.2) is 5.69 Å². The van der Waals surface area contributed by atoms with Crippen LogP contribution in [0.1, 0.15) is 16.2 Å². The van der Waals surface area contributed by atoms with Crippen molar-refractivity contribution >= 4 is 11.6 Å². The number of fused-ring (bicyclic) bond motifs is 1. The van der Waals surface area contributed by atoms with Gasteiger partial charge in [-0.3, -0.25) is 4.79 Å². The maximum absolute atomic E-state index is 12.9. The zero-order valence-corrected chi connectivity index (χ0v) is 13.5. The molecule has 0 radical (unpaired) electrons. The molecule has 1 amide bonds. The van der Waals surface area contributed by atoms with Gasteiger partial charge in [0.1, 0.15) is 5.65 Å². The number of hydrogen-bond acceptors (Lipinski definition) is 4. The zero-order valence-electron chi connectivity index (χ0n) is 13.5. The van der Waals surface area contributed by atoms with Gasteiger partial charge >= 0.3 is 0 Å². The highest BCUT2D eigenvalue weighted by Gasteiger charge is 2.26. The van der Waals surface area contributed by atoms with Crippen molar-refractivity contribution in [2.75, 3.05) is 47.3 Å². The van der Waals surface area contributed by atoms with Gasteiger partial charge in [-0.2, -0.15) is 0 Å². The van der Waals surface area contributed by atoms with Crippen molar-refractivity contribution in [1.82, 2.24) is 24.1 Å². The highest BCUT2D eigenvalue weighted by Crippen LogP contribution is 2.17. The molecule has 2 aromatic heterocycles. The summed E-state index contributed by atoms with van der Waals surface area (Å²) < 4.78 is 2.02. The van der Waals surface area contributed by atoms with Crippen LogP contribution < -0.4 is 0 Å². The van der Waals surface area contributed by atoms with Gasteiger partial charge in [-0.15, -0.1) is 0 Å². The second-order valence-corrected chi connectivity index (χ2v) is 6.17. The summed E-state index contributed by atoms with van der Waals surface area (Å²) in [5, 5.41) is 0.